The molecule has 0 saturated carbocycles. The minimum absolute atomic E-state index is 0.00658. The molecule has 6 nitrogen and oxygen atoms in total. The maximum Gasteiger partial charge on any atom is 0.305 e. The number of hydrogen-bond acceptors (Lipinski definition) is 5. The molecule has 0 aliphatic rings. The van der Waals surface area contributed by atoms with Crippen molar-refractivity contribution in [3.63, 3.8) is 0 Å². The fourth-order valence-corrected chi connectivity index (χ4v) is 9.34. The minimum Gasteiger partial charge on any atom is -0.466 e. The molecule has 67 heavy (non-hydrogen) atoms. The Morgan fingerprint density at radius 1 is 0.403 bits per heavy atom. The monoisotopic (exact) mass is 944 g/mol. The number of unbranched alkanes of at least 4 members (excludes halogenated alkanes) is 43. The maximum absolute atomic E-state index is 12.4. The molecule has 0 radical (unpaired) electrons. The van der Waals surface area contributed by atoms with Crippen LogP contribution in [0.4, 0.5) is 0 Å². The number of amides is 1. The van der Waals surface area contributed by atoms with Crippen molar-refractivity contribution in [3.05, 3.63) is 24.3 Å². The Balaban J connectivity index is 3.36. The van der Waals surface area contributed by atoms with E-state index in [0.717, 1.165) is 44.9 Å². The minimum atomic E-state index is -0.842. The van der Waals surface area contributed by atoms with Gasteiger partial charge in [-0.3, -0.25) is 9.59 Å². The molecule has 0 bridgehead atoms. The molecule has 0 fully saturated rings. The van der Waals surface area contributed by atoms with Gasteiger partial charge < -0.3 is 20.3 Å². The molecule has 0 rings (SSSR count). The number of aliphatic hydroxyl groups is 2. The molecule has 0 aliphatic carbocycles. The second-order valence-corrected chi connectivity index (χ2v) is 20.7. The smallest absolute Gasteiger partial charge is 0.305 e. The summed E-state index contributed by atoms with van der Waals surface area (Å²) in [6, 6.07) is -0.626. The van der Waals surface area contributed by atoms with Crippen LogP contribution < -0.4 is 5.32 Å². The van der Waals surface area contributed by atoms with Gasteiger partial charge in [-0.15, -0.1) is 0 Å². The standard InChI is InChI=1S/C61H117NO5/c1-3-5-7-9-11-13-15-16-17-28-31-35-39-43-47-51-55-61(66)67-56-52-48-44-40-36-32-29-26-24-22-20-18-19-21-23-25-27-30-34-38-42-46-50-54-60(65)62-58(57-63)59(64)53-49-45-41-37-33-14-12-10-8-6-4-2/h17,28,49,53,58-59,63-64H,3-16,18-27,29-48,50-52,54-57H2,1-2H3,(H,62,65)/b28-17-,53-49+. The number of rotatable bonds is 56. The molecule has 0 spiro atoms. The summed E-state index contributed by atoms with van der Waals surface area (Å²) in [7, 11) is 0. The SMILES string of the molecule is CCCCCCCCC/C=C\CCCCCCCC(=O)OCCCCCCCCCCCCCCCCCCCCCCCCCC(=O)NC(CO)C(O)/C=C/CCCCCCCCCCC. The summed E-state index contributed by atoms with van der Waals surface area (Å²) in [6.07, 6.45) is 69.3. The van der Waals surface area contributed by atoms with Crippen LogP contribution >= 0.6 is 0 Å². The van der Waals surface area contributed by atoms with E-state index in [4.69, 9.17) is 4.74 Å². The summed E-state index contributed by atoms with van der Waals surface area (Å²) < 4.78 is 5.49. The van der Waals surface area contributed by atoms with Crippen molar-refractivity contribution >= 4 is 11.9 Å². The molecule has 6 heteroatoms. The highest BCUT2D eigenvalue weighted by molar-refractivity contribution is 5.76. The Hall–Kier alpha value is -1.66. The van der Waals surface area contributed by atoms with E-state index < -0.39 is 12.1 Å². The van der Waals surface area contributed by atoms with Crippen LogP contribution in [0.25, 0.3) is 0 Å². The summed E-state index contributed by atoms with van der Waals surface area (Å²) in [5, 5.41) is 23.0. The van der Waals surface area contributed by atoms with Crippen LogP contribution in [-0.4, -0.2) is 47.4 Å². The lowest BCUT2D eigenvalue weighted by Crippen LogP contribution is -2.45. The second kappa shape index (κ2) is 56.9. The topological polar surface area (TPSA) is 95.9 Å². The van der Waals surface area contributed by atoms with Gasteiger partial charge in [0.15, 0.2) is 0 Å². The predicted molar refractivity (Wildman–Crippen MR) is 292 cm³/mol. The summed E-state index contributed by atoms with van der Waals surface area (Å²) in [5.41, 5.74) is 0. The molecule has 0 aromatic rings. The van der Waals surface area contributed by atoms with E-state index >= 15 is 0 Å². The summed E-state index contributed by atoms with van der Waals surface area (Å²) in [4.78, 5) is 24.5. The molecule has 0 aliphatic heterocycles. The van der Waals surface area contributed by atoms with Crippen LogP contribution in [0.15, 0.2) is 24.3 Å². The Bertz CT molecular complexity index is 1040. The largest absolute Gasteiger partial charge is 0.466 e. The first kappa shape index (κ1) is 65.3. The van der Waals surface area contributed by atoms with Gasteiger partial charge in [0.2, 0.25) is 5.91 Å². The van der Waals surface area contributed by atoms with Crippen molar-refractivity contribution in [2.24, 2.45) is 0 Å². The molecule has 0 saturated heterocycles. The molecule has 3 N–H and O–H groups in total. The zero-order valence-corrected chi connectivity index (χ0v) is 45.1. The highest BCUT2D eigenvalue weighted by atomic mass is 16.5. The summed E-state index contributed by atoms with van der Waals surface area (Å²) >= 11 is 0. The lowest BCUT2D eigenvalue weighted by atomic mass is 10.0. The van der Waals surface area contributed by atoms with Gasteiger partial charge in [0.25, 0.3) is 0 Å². The Labute approximate surface area is 418 Å². The molecule has 2 unspecified atom stereocenters. The molecular formula is C61H117NO5. The van der Waals surface area contributed by atoms with Crippen LogP contribution in [0, 0.1) is 0 Å². The van der Waals surface area contributed by atoms with Gasteiger partial charge in [-0.2, -0.15) is 0 Å². The van der Waals surface area contributed by atoms with Gasteiger partial charge in [0.1, 0.15) is 0 Å². The van der Waals surface area contributed by atoms with Crippen LogP contribution in [0.1, 0.15) is 328 Å². The molecule has 1 amide bonds. The average molecular weight is 945 g/mol. The van der Waals surface area contributed by atoms with E-state index in [1.54, 1.807) is 6.08 Å². The van der Waals surface area contributed by atoms with E-state index in [-0.39, 0.29) is 18.5 Å². The van der Waals surface area contributed by atoms with Gasteiger partial charge >= 0.3 is 5.97 Å². The lowest BCUT2D eigenvalue weighted by Gasteiger charge is -2.20. The van der Waals surface area contributed by atoms with Crippen molar-refractivity contribution in [3.8, 4) is 0 Å². The van der Waals surface area contributed by atoms with E-state index in [9.17, 15) is 19.8 Å². The van der Waals surface area contributed by atoms with Crippen LogP contribution in [0.5, 0.6) is 0 Å². The lowest BCUT2D eigenvalue weighted by molar-refractivity contribution is -0.143. The molecule has 0 aromatic heterocycles. The third-order valence-corrected chi connectivity index (χ3v) is 14.0. The Morgan fingerprint density at radius 3 is 1.06 bits per heavy atom. The first-order valence-electron chi connectivity index (χ1n) is 30.1. The quantitative estimate of drug-likeness (QED) is 0.0321. The predicted octanol–water partition coefficient (Wildman–Crippen LogP) is 18.6. The molecule has 0 aromatic carbocycles. The fourth-order valence-electron chi connectivity index (χ4n) is 9.34. The van der Waals surface area contributed by atoms with Crippen LogP contribution in [-0.2, 0) is 14.3 Å². The molecule has 2 atom stereocenters. The number of nitrogens with one attached hydrogen (secondary N) is 1. The maximum atomic E-state index is 12.4. The normalized spacial score (nSPS) is 12.7. The van der Waals surface area contributed by atoms with Gasteiger partial charge in [0, 0.05) is 12.8 Å². The highest BCUT2D eigenvalue weighted by Crippen LogP contribution is 2.17. The summed E-state index contributed by atoms with van der Waals surface area (Å²) in [5.74, 6) is -0.0614. The zero-order valence-electron chi connectivity index (χ0n) is 45.1. The molecular weight excluding hydrogens is 827 g/mol. The number of hydrogen-bond donors (Lipinski definition) is 3. The number of esters is 1. The third kappa shape index (κ3) is 53.5. The van der Waals surface area contributed by atoms with Gasteiger partial charge in [0.05, 0.1) is 25.4 Å². The first-order chi connectivity index (χ1) is 33.0. The number of ether oxygens (including phenoxy) is 1. The first-order valence-corrected chi connectivity index (χ1v) is 30.1. The highest BCUT2D eigenvalue weighted by Gasteiger charge is 2.18. The molecule has 0 heterocycles. The van der Waals surface area contributed by atoms with Gasteiger partial charge in [-0.05, 0) is 57.8 Å². The zero-order chi connectivity index (χ0) is 48.6. The van der Waals surface area contributed by atoms with E-state index in [2.05, 4.69) is 31.3 Å². The van der Waals surface area contributed by atoms with Crippen LogP contribution in [0.3, 0.4) is 0 Å². The van der Waals surface area contributed by atoms with Crippen molar-refractivity contribution in [1.82, 2.24) is 5.32 Å². The fraction of sp³-hybridized carbons (Fsp3) is 0.902. The van der Waals surface area contributed by atoms with Gasteiger partial charge in [-0.1, -0.05) is 282 Å². The van der Waals surface area contributed by atoms with Crippen molar-refractivity contribution in [1.29, 1.82) is 0 Å². The summed E-state index contributed by atoms with van der Waals surface area (Å²) in [6.45, 7) is 4.90. The number of aliphatic hydroxyl groups excluding tert-OH is 2. The number of carbonyl (C=O) groups is 2. The van der Waals surface area contributed by atoms with Gasteiger partial charge in [-0.25, -0.2) is 0 Å². The second-order valence-electron chi connectivity index (χ2n) is 20.7. The Morgan fingerprint density at radius 2 is 0.701 bits per heavy atom. The number of carbonyl (C=O) groups excluding carboxylic acids is 2. The third-order valence-electron chi connectivity index (χ3n) is 14.0. The average Bonchev–Trinajstić information content (AvgIpc) is 3.33. The van der Waals surface area contributed by atoms with Crippen molar-refractivity contribution in [2.45, 2.75) is 341 Å². The van der Waals surface area contributed by atoms with E-state index in [1.165, 1.54) is 257 Å². The van der Waals surface area contributed by atoms with E-state index in [0.29, 0.717) is 19.4 Å². The van der Waals surface area contributed by atoms with Crippen molar-refractivity contribution in [2.75, 3.05) is 13.2 Å². The Kier molecular flexibility index (Phi) is 55.5. The molecule has 396 valence electrons. The van der Waals surface area contributed by atoms with E-state index in [1.807, 2.05) is 6.08 Å². The number of allylic oxidation sites excluding steroid dienone is 3. The van der Waals surface area contributed by atoms with Crippen molar-refractivity contribution < 1.29 is 24.5 Å². The van der Waals surface area contributed by atoms with Crippen LogP contribution in [0.2, 0.25) is 0 Å².